The van der Waals surface area contributed by atoms with Crippen LogP contribution < -0.4 is 4.90 Å². The van der Waals surface area contributed by atoms with E-state index in [1.165, 1.54) is 7.11 Å². The molecule has 0 radical (unpaired) electrons. The summed E-state index contributed by atoms with van der Waals surface area (Å²) in [6, 6.07) is 9.52. The van der Waals surface area contributed by atoms with E-state index in [9.17, 15) is 4.79 Å². The van der Waals surface area contributed by atoms with Crippen molar-refractivity contribution in [3.63, 3.8) is 0 Å². The van der Waals surface area contributed by atoms with Crippen molar-refractivity contribution < 1.29 is 9.53 Å². The average Bonchev–Trinajstić information content (AvgIpc) is 2.29. The van der Waals surface area contributed by atoms with Crippen molar-refractivity contribution in [3.8, 4) is 12.3 Å². The Morgan fingerprint density at radius 2 is 2.13 bits per heavy atom. The molecule has 1 aromatic carbocycles. The molecule has 0 unspecified atom stereocenters. The first kappa shape index (κ1) is 11.1. The second-order valence-corrected chi connectivity index (χ2v) is 2.97. The van der Waals surface area contributed by atoms with Gasteiger partial charge in [0.15, 0.2) is 0 Å². The summed E-state index contributed by atoms with van der Waals surface area (Å²) in [5.74, 6) is 2.22. The Bertz CT molecular complexity index is 354. The Morgan fingerprint density at radius 1 is 1.47 bits per heavy atom. The zero-order valence-corrected chi connectivity index (χ0v) is 8.64. The highest BCUT2D eigenvalue weighted by Crippen LogP contribution is 2.12. The SMILES string of the molecule is C#CCN(CC(=O)OC)c1ccccc1. The highest BCUT2D eigenvalue weighted by atomic mass is 16.5. The van der Waals surface area contributed by atoms with Gasteiger partial charge in [-0.3, -0.25) is 4.79 Å². The van der Waals surface area contributed by atoms with Crippen LogP contribution in [0.2, 0.25) is 0 Å². The Morgan fingerprint density at radius 3 is 2.67 bits per heavy atom. The second kappa shape index (κ2) is 5.71. The first-order chi connectivity index (χ1) is 7.27. The van der Waals surface area contributed by atoms with Crippen LogP contribution in [0.1, 0.15) is 0 Å². The van der Waals surface area contributed by atoms with E-state index in [0.29, 0.717) is 6.54 Å². The van der Waals surface area contributed by atoms with Gasteiger partial charge in [-0.2, -0.15) is 0 Å². The van der Waals surface area contributed by atoms with Crippen molar-refractivity contribution in [1.29, 1.82) is 0 Å². The summed E-state index contributed by atoms with van der Waals surface area (Å²) in [7, 11) is 1.36. The van der Waals surface area contributed by atoms with Crippen LogP contribution in [0.5, 0.6) is 0 Å². The predicted molar refractivity (Wildman–Crippen MR) is 59.5 cm³/mol. The van der Waals surface area contributed by atoms with Gasteiger partial charge in [-0.25, -0.2) is 0 Å². The van der Waals surface area contributed by atoms with Crippen LogP contribution in [-0.4, -0.2) is 26.2 Å². The van der Waals surface area contributed by atoms with Gasteiger partial charge >= 0.3 is 5.97 Å². The number of anilines is 1. The molecule has 0 spiro atoms. The number of methoxy groups -OCH3 is 1. The molecule has 1 aromatic rings. The molecule has 15 heavy (non-hydrogen) atoms. The van der Waals surface area contributed by atoms with Crippen LogP contribution in [0.3, 0.4) is 0 Å². The predicted octanol–water partition coefficient (Wildman–Crippen LogP) is 1.30. The van der Waals surface area contributed by atoms with E-state index in [0.717, 1.165) is 5.69 Å². The van der Waals surface area contributed by atoms with E-state index in [2.05, 4.69) is 10.7 Å². The van der Waals surface area contributed by atoms with Crippen LogP contribution >= 0.6 is 0 Å². The lowest BCUT2D eigenvalue weighted by Crippen LogP contribution is -2.30. The fourth-order valence-electron chi connectivity index (χ4n) is 1.21. The molecule has 0 aliphatic carbocycles. The summed E-state index contributed by atoms with van der Waals surface area (Å²) in [4.78, 5) is 12.9. The maximum absolute atomic E-state index is 11.1. The monoisotopic (exact) mass is 203 g/mol. The smallest absolute Gasteiger partial charge is 0.325 e. The fourth-order valence-corrected chi connectivity index (χ4v) is 1.21. The van der Waals surface area contributed by atoms with Gasteiger partial charge in [0.1, 0.15) is 6.54 Å². The van der Waals surface area contributed by atoms with Crippen molar-refractivity contribution >= 4 is 11.7 Å². The largest absolute Gasteiger partial charge is 0.468 e. The highest BCUT2D eigenvalue weighted by molar-refractivity contribution is 5.75. The summed E-state index contributed by atoms with van der Waals surface area (Å²) < 4.78 is 4.60. The molecule has 0 saturated heterocycles. The molecule has 3 heteroatoms. The van der Waals surface area contributed by atoms with Crippen molar-refractivity contribution in [3.05, 3.63) is 30.3 Å². The van der Waals surface area contributed by atoms with Crippen LogP contribution in [0.4, 0.5) is 5.69 Å². The van der Waals surface area contributed by atoms with Gasteiger partial charge in [0.2, 0.25) is 0 Å². The molecule has 0 aliphatic heterocycles. The topological polar surface area (TPSA) is 29.5 Å². The first-order valence-corrected chi connectivity index (χ1v) is 4.58. The zero-order valence-electron chi connectivity index (χ0n) is 8.64. The normalized spacial score (nSPS) is 9.07. The molecule has 0 amide bonds. The van der Waals surface area contributed by atoms with Crippen LogP contribution in [0.25, 0.3) is 0 Å². The molecule has 0 aromatic heterocycles. The molecule has 0 heterocycles. The molecule has 0 atom stereocenters. The number of carbonyl (C=O) groups excluding carboxylic acids is 1. The maximum atomic E-state index is 11.1. The number of carbonyl (C=O) groups is 1. The lowest BCUT2D eigenvalue weighted by Gasteiger charge is -2.20. The number of hydrogen-bond acceptors (Lipinski definition) is 3. The van der Waals surface area contributed by atoms with Crippen molar-refractivity contribution in [2.75, 3.05) is 25.1 Å². The van der Waals surface area contributed by atoms with Crippen molar-refractivity contribution in [1.82, 2.24) is 0 Å². The van der Waals surface area contributed by atoms with Gasteiger partial charge in [-0.15, -0.1) is 6.42 Å². The lowest BCUT2D eigenvalue weighted by molar-refractivity contribution is -0.138. The van der Waals surface area contributed by atoms with Crippen LogP contribution in [-0.2, 0) is 9.53 Å². The third kappa shape index (κ3) is 3.35. The second-order valence-electron chi connectivity index (χ2n) is 2.97. The molecular formula is C12H13NO2. The molecule has 0 fully saturated rings. The Balaban J connectivity index is 2.75. The van der Waals surface area contributed by atoms with E-state index in [1.807, 2.05) is 30.3 Å². The number of benzene rings is 1. The fraction of sp³-hybridized carbons (Fsp3) is 0.250. The average molecular weight is 203 g/mol. The van der Waals surface area contributed by atoms with Crippen molar-refractivity contribution in [2.24, 2.45) is 0 Å². The van der Waals surface area contributed by atoms with E-state index in [4.69, 9.17) is 6.42 Å². The summed E-state index contributed by atoms with van der Waals surface area (Å²) in [5, 5.41) is 0. The van der Waals surface area contributed by atoms with Crippen LogP contribution in [0, 0.1) is 12.3 Å². The molecule has 78 valence electrons. The Labute approximate surface area is 89.7 Å². The Kier molecular flexibility index (Phi) is 4.24. The van der Waals surface area contributed by atoms with E-state index in [-0.39, 0.29) is 12.5 Å². The number of terminal acetylenes is 1. The third-order valence-corrected chi connectivity index (χ3v) is 1.95. The molecule has 0 N–H and O–H groups in total. The third-order valence-electron chi connectivity index (χ3n) is 1.95. The molecule has 1 rings (SSSR count). The summed E-state index contributed by atoms with van der Waals surface area (Å²) in [6.07, 6.45) is 5.24. The minimum absolute atomic E-state index is 0.171. The highest BCUT2D eigenvalue weighted by Gasteiger charge is 2.09. The Hall–Kier alpha value is -1.95. The number of hydrogen-bond donors (Lipinski definition) is 0. The minimum Gasteiger partial charge on any atom is -0.468 e. The summed E-state index contributed by atoms with van der Waals surface area (Å²) in [5.41, 5.74) is 0.917. The van der Waals surface area contributed by atoms with Crippen molar-refractivity contribution in [2.45, 2.75) is 0 Å². The number of ether oxygens (including phenoxy) is 1. The quantitative estimate of drug-likeness (QED) is 0.545. The van der Waals surface area contributed by atoms with Gasteiger partial charge in [0, 0.05) is 5.69 Å². The number of para-hydroxylation sites is 1. The molecule has 0 bridgehead atoms. The van der Waals surface area contributed by atoms with Crippen LogP contribution in [0.15, 0.2) is 30.3 Å². The standard InChI is InChI=1S/C12H13NO2/c1-3-9-13(10-12(14)15-2)11-7-5-4-6-8-11/h1,4-8H,9-10H2,2H3. The van der Waals surface area contributed by atoms with Gasteiger partial charge in [0.05, 0.1) is 13.7 Å². The molecule has 3 nitrogen and oxygen atoms in total. The van der Waals surface area contributed by atoms with Gasteiger partial charge in [-0.05, 0) is 12.1 Å². The van der Waals surface area contributed by atoms with E-state index in [1.54, 1.807) is 4.90 Å². The molecule has 0 aliphatic rings. The van der Waals surface area contributed by atoms with E-state index < -0.39 is 0 Å². The maximum Gasteiger partial charge on any atom is 0.325 e. The molecular weight excluding hydrogens is 190 g/mol. The molecule has 0 saturated carbocycles. The zero-order chi connectivity index (χ0) is 11.1. The number of esters is 1. The van der Waals surface area contributed by atoms with Gasteiger partial charge in [-0.1, -0.05) is 24.1 Å². The first-order valence-electron chi connectivity index (χ1n) is 4.58. The number of nitrogens with zero attached hydrogens (tertiary/aromatic N) is 1. The van der Waals surface area contributed by atoms with E-state index >= 15 is 0 Å². The minimum atomic E-state index is -0.297. The summed E-state index contributed by atoms with van der Waals surface area (Å²) >= 11 is 0. The summed E-state index contributed by atoms with van der Waals surface area (Å²) in [6.45, 7) is 0.559. The lowest BCUT2D eigenvalue weighted by atomic mass is 10.3. The van der Waals surface area contributed by atoms with Gasteiger partial charge < -0.3 is 9.64 Å². The van der Waals surface area contributed by atoms with Gasteiger partial charge in [0.25, 0.3) is 0 Å². The number of rotatable bonds is 4.